The molecule has 0 bridgehead atoms. The van der Waals surface area contributed by atoms with Crippen LogP contribution in [0.5, 0.6) is 0 Å². The first-order chi connectivity index (χ1) is 10.2. The second kappa shape index (κ2) is 8.38. The highest BCUT2D eigenvalue weighted by Gasteiger charge is 2.17. The van der Waals surface area contributed by atoms with Gasteiger partial charge in [0.25, 0.3) is 0 Å². The van der Waals surface area contributed by atoms with E-state index in [-0.39, 0.29) is 0 Å². The molecule has 0 radical (unpaired) electrons. The Bertz CT molecular complexity index is 467. The first kappa shape index (κ1) is 16.3. The van der Waals surface area contributed by atoms with Crippen molar-refractivity contribution in [3.63, 3.8) is 0 Å². The monoisotopic (exact) mass is 285 g/mol. The molecule has 0 aliphatic heterocycles. The third-order valence-electron chi connectivity index (χ3n) is 4.65. The minimum Gasteiger partial charge on any atom is -0.313 e. The van der Waals surface area contributed by atoms with E-state index >= 15 is 0 Å². The Labute approximate surface area is 130 Å². The van der Waals surface area contributed by atoms with Crippen molar-refractivity contribution < 1.29 is 0 Å². The first-order valence-corrected chi connectivity index (χ1v) is 8.69. The lowest BCUT2D eigenvalue weighted by Gasteiger charge is -2.25. The van der Waals surface area contributed by atoms with Crippen molar-refractivity contribution in [1.82, 2.24) is 5.32 Å². The van der Waals surface area contributed by atoms with E-state index in [0.29, 0.717) is 0 Å². The Morgan fingerprint density at radius 2 is 1.95 bits per heavy atom. The molecule has 0 amide bonds. The van der Waals surface area contributed by atoms with Gasteiger partial charge in [0.2, 0.25) is 0 Å². The van der Waals surface area contributed by atoms with Crippen LogP contribution in [0.1, 0.15) is 62.1 Å². The van der Waals surface area contributed by atoms with Crippen LogP contribution >= 0.6 is 0 Å². The second-order valence-corrected chi connectivity index (χ2v) is 6.59. The van der Waals surface area contributed by atoms with E-state index < -0.39 is 0 Å². The summed E-state index contributed by atoms with van der Waals surface area (Å²) in [5.41, 5.74) is 5.78. The van der Waals surface area contributed by atoms with Gasteiger partial charge in [-0.15, -0.1) is 0 Å². The van der Waals surface area contributed by atoms with Crippen LogP contribution in [0.3, 0.4) is 0 Å². The zero-order chi connectivity index (χ0) is 15.1. The van der Waals surface area contributed by atoms with Crippen LogP contribution in [-0.2, 0) is 0 Å². The molecular formula is C20H31N. The van der Waals surface area contributed by atoms with Crippen LogP contribution in [-0.4, -0.2) is 13.1 Å². The molecule has 1 aliphatic carbocycles. The third-order valence-corrected chi connectivity index (χ3v) is 4.65. The molecule has 1 aromatic rings. The maximum atomic E-state index is 3.62. The number of benzene rings is 1. The molecule has 1 aliphatic rings. The molecule has 1 nitrogen and oxygen atoms in total. The smallest absolute Gasteiger partial charge is 0.0170 e. The second-order valence-electron chi connectivity index (χ2n) is 6.59. The Hall–Kier alpha value is -1.08. The quantitative estimate of drug-likeness (QED) is 0.702. The van der Waals surface area contributed by atoms with Crippen molar-refractivity contribution >= 4 is 6.08 Å². The molecule has 1 heteroatoms. The van der Waals surface area contributed by atoms with Crippen molar-refractivity contribution in [3.05, 3.63) is 40.5 Å². The van der Waals surface area contributed by atoms with E-state index in [1.54, 1.807) is 5.57 Å². The van der Waals surface area contributed by atoms with Gasteiger partial charge in [0.05, 0.1) is 0 Å². The average molecular weight is 285 g/mol. The molecule has 1 fully saturated rings. The van der Waals surface area contributed by atoms with Crippen LogP contribution in [0.2, 0.25) is 0 Å². The van der Waals surface area contributed by atoms with Gasteiger partial charge in [-0.3, -0.25) is 0 Å². The predicted molar refractivity (Wildman–Crippen MR) is 93.6 cm³/mol. The Morgan fingerprint density at radius 1 is 1.19 bits per heavy atom. The summed E-state index contributed by atoms with van der Waals surface area (Å²) < 4.78 is 0. The molecule has 2 rings (SSSR count). The van der Waals surface area contributed by atoms with Gasteiger partial charge in [-0.2, -0.15) is 0 Å². The Kier molecular flexibility index (Phi) is 6.50. The van der Waals surface area contributed by atoms with Crippen LogP contribution in [0.15, 0.2) is 23.8 Å². The molecular weight excluding hydrogens is 254 g/mol. The standard InChI is InChI=1S/C20H31N/c1-4-12-21-15-20(18-8-6-5-7-9-18)14-19-11-10-16(2)13-17(19)3/h10-11,13-14,18,21H,4-9,12,15H2,1-3H3/b20-14-. The van der Waals surface area contributed by atoms with Gasteiger partial charge in [-0.25, -0.2) is 0 Å². The average Bonchev–Trinajstić information content (AvgIpc) is 2.49. The fourth-order valence-electron chi connectivity index (χ4n) is 3.38. The summed E-state index contributed by atoms with van der Waals surface area (Å²) in [6.45, 7) is 8.83. The van der Waals surface area contributed by atoms with Gasteiger partial charge in [0.1, 0.15) is 0 Å². The summed E-state index contributed by atoms with van der Waals surface area (Å²) in [6.07, 6.45) is 10.7. The summed E-state index contributed by atoms with van der Waals surface area (Å²) in [5, 5.41) is 3.62. The van der Waals surface area contributed by atoms with Crippen LogP contribution in [0.25, 0.3) is 6.08 Å². The van der Waals surface area contributed by atoms with E-state index in [9.17, 15) is 0 Å². The van der Waals surface area contributed by atoms with Crippen molar-refractivity contribution in [1.29, 1.82) is 0 Å². The zero-order valence-corrected chi connectivity index (χ0v) is 14.0. The topological polar surface area (TPSA) is 12.0 Å². The van der Waals surface area contributed by atoms with Gasteiger partial charge < -0.3 is 5.32 Å². The maximum Gasteiger partial charge on any atom is 0.0170 e. The fourth-order valence-corrected chi connectivity index (χ4v) is 3.38. The maximum absolute atomic E-state index is 3.62. The third kappa shape index (κ3) is 5.00. The van der Waals surface area contributed by atoms with E-state index in [1.165, 1.54) is 55.2 Å². The molecule has 21 heavy (non-hydrogen) atoms. The van der Waals surface area contributed by atoms with Gasteiger partial charge in [-0.1, -0.05) is 61.6 Å². The van der Waals surface area contributed by atoms with Gasteiger partial charge >= 0.3 is 0 Å². The van der Waals surface area contributed by atoms with Crippen LogP contribution in [0.4, 0.5) is 0 Å². The normalized spacial score (nSPS) is 17.2. The summed E-state index contributed by atoms with van der Waals surface area (Å²) in [6, 6.07) is 6.81. The highest BCUT2D eigenvalue weighted by atomic mass is 14.8. The molecule has 1 N–H and O–H groups in total. The number of rotatable bonds is 6. The highest BCUT2D eigenvalue weighted by molar-refractivity contribution is 5.58. The minimum absolute atomic E-state index is 0.795. The number of hydrogen-bond acceptors (Lipinski definition) is 1. The van der Waals surface area contributed by atoms with Crippen molar-refractivity contribution in [2.75, 3.05) is 13.1 Å². The minimum atomic E-state index is 0.795. The Balaban J connectivity index is 2.17. The van der Waals surface area contributed by atoms with Gasteiger partial charge in [0.15, 0.2) is 0 Å². The van der Waals surface area contributed by atoms with Crippen molar-refractivity contribution in [3.8, 4) is 0 Å². The van der Waals surface area contributed by atoms with E-state index in [4.69, 9.17) is 0 Å². The highest BCUT2D eigenvalue weighted by Crippen LogP contribution is 2.31. The number of nitrogens with one attached hydrogen (secondary N) is 1. The van der Waals surface area contributed by atoms with Crippen LogP contribution in [0, 0.1) is 19.8 Å². The molecule has 116 valence electrons. The number of hydrogen-bond donors (Lipinski definition) is 1. The number of aryl methyl sites for hydroxylation is 2. The van der Waals surface area contributed by atoms with Gasteiger partial charge in [0, 0.05) is 6.54 Å². The van der Waals surface area contributed by atoms with E-state index in [1.807, 2.05) is 0 Å². The summed E-state index contributed by atoms with van der Waals surface area (Å²) in [7, 11) is 0. The molecule has 0 atom stereocenters. The molecule has 0 aromatic heterocycles. The lowest BCUT2D eigenvalue weighted by Crippen LogP contribution is -2.23. The van der Waals surface area contributed by atoms with Crippen molar-refractivity contribution in [2.45, 2.75) is 59.3 Å². The molecule has 0 unspecified atom stereocenters. The SMILES string of the molecule is CCCNC/C(=C/c1ccc(C)cc1C)C1CCCCC1. The summed E-state index contributed by atoms with van der Waals surface area (Å²) in [5.74, 6) is 0.795. The lowest BCUT2D eigenvalue weighted by molar-refractivity contribution is 0.396. The molecule has 0 heterocycles. The van der Waals surface area contributed by atoms with Crippen molar-refractivity contribution in [2.24, 2.45) is 5.92 Å². The first-order valence-electron chi connectivity index (χ1n) is 8.69. The van der Waals surface area contributed by atoms with Crippen LogP contribution < -0.4 is 5.32 Å². The zero-order valence-electron chi connectivity index (χ0n) is 14.0. The van der Waals surface area contributed by atoms with E-state index in [0.717, 1.165) is 19.0 Å². The molecule has 1 saturated carbocycles. The summed E-state index contributed by atoms with van der Waals surface area (Å²) >= 11 is 0. The molecule has 0 spiro atoms. The largest absolute Gasteiger partial charge is 0.313 e. The molecule has 1 aromatic carbocycles. The lowest BCUT2D eigenvalue weighted by atomic mass is 9.82. The summed E-state index contributed by atoms with van der Waals surface area (Å²) in [4.78, 5) is 0. The fraction of sp³-hybridized carbons (Fsp3) is 0.600. The Morgan fingerprint density at radius 3 is 2.62 bits per heavy atom. The predicted octanol–water partition coefficient (Wildman–Crippen LogP) is 5.27. The van der Waals surface area contributed by atoms with E-state index in [2.05, 4.69) is 50.4 Å². The molecule has 0 saturated heterocycles. The van der Waals surface area contributed by atoms with Gasteiger partial charge in [-0.05, 0) is 56.7 Å².